The highest BCUT2D eigenvalue weighted by Gasteiger charge is 2.22. The standard InChI is InChI=1S/C18H16F2N4O3/c1-24-17(25)7-5-15(23-24)18(26)22-16-6-2-11(9-21-16)10-27-12-3-4-13(19)14(20)8-12/h2-4,6,8-9H,5,7,10H2,1H3,(H,21,22,26). The molecule has 0 saturated heterocycles. The summed E-state index contributed by atoms with van der Waals surface area (Å²) in [6, 6.07) is 6.54. The third-order valence-corrected chi connectivity index (χ3v) is 3.83. The van der Waals surface area contributed by atoms with E-state index in [0.29, 0.717) is 11.4 Å². The predicted molar refractivity (Wildman–Crippen MR) is 93.0 cm³/mol. The van der Waals surface area contributed by atoms with E-state index in [1.165, 1.54) is 19.3 Å². The molecule has 0 aliphatic carbocycles. The lowest BCUT2D eigenvalue weighted by molar-refractivity contribution is -0.130. The number of nitrogens with one attached hydrogen (secondary N) is 1. The van der Waals surface area contributed by atoms with Crippen LogP contribution in [0.25, 0.3) is 0 Å². The summed E-state index contributed by atoms with van der Waals surface area (Å²) in [5, 5.41) is 7.69. The average Bonchev–Trinajstić information content (AvgIpc) is 2.66. The van der Waals surface area contributed by atoms with Gasteiger partial charge in [-0.3, -0.25) is 9.59 Å². The number of hydrogen-bond donors (Lipinski definition) is 1. The van der Waals surface area contributed by atoms with E-state index in [4.69, 9.17) is 4.74 Å². The molecule has 1 aromatic carbocycles. The minimum atomic E-state index is -0.985. The second kappa shape index (κ2) is 7.90. The van der Waals surface area contributed by atoms with E-state index in [1.807, 2.05) is 0 Å². The third kappa shape index (κ3) is 4.63. The van der Waals surface area contributed by atoms with Gasteiger partial charge in [0, 0.05) is 37.7 Å². The van der Waals surface area contributed by atoms with Crippen LogP contribution in [0.5, 0.6) is 5.75 Å². The number of rotatable bonds is 5. The van der Waals surface area contributed by atoms with Gasteiger partial charge < -0.3 is 10.1 Å². The maximum atomic E-state index is 13.1. The second-order valence-corrected chi connectivity index (χ2v) is 5.83. The molecule has 1 N–H and O–H groups in total. The van der Waals surface area contributed by atoms with Crippen LogP contribution in [0.2, 0.25) is 0 Å². The van der Waals surface area contributed by atoms with Crippen LogP contribution in [0.1, 0.15) is 18.4 Å². The second-order valence-electron chi connectivity index (χ2n) is 5.83. The lowest BCUT2D eigenvalue weighted by atomic mass is 10.1. The van der Waals surface area contributed by atoms with Crippen molar-refractivity contribution in [3.05, 3.63) is 53.7 Å². The zero-order chi connectivity index (χ0) is 19.4. The monoisotopic (exact) mass is 374 g/mol. The van der Waals surface area contributed by atoms with Gasteiger partial charge >= 0.3 is 0 Å². The molecule has 1 aliphatic rings. The van der Waals surface area contributed by atoms with E-state index in [2.05, 4.69) is 15.4 Å². The molecule has 0 unspecified atom stereocenters. The van der Waals surface area contributed by atoms with E-state index < -0.39 is 17.5 Å². The number of carbonyl (C=O) groups is 2. The maximum Gasteiger partial charge on any atom is 0.273 e. The van der Waals surface area contributed by atoms with Gasteiger partial charge in [0.15, 0.2) is 11.6 Å². The summed E-state index contributed by atoms with van der Waals surface area (Å²) in [6.07, 6.45) is 2.00. The predicted octanol–water partition coefficient (Wildman–Crippen LogP) is 2.49. The van der Waals surface area contributed by atoms with Crippen LogP contribution in [0.4, 0.5) is 14.6 Å². The molecular weight excluding hydrogens is 358 g/mol. The number of benzene rings is 1. The van der Waals surface area contributed by atoms with Crippen molar-refractivity contribution >= 4 is 23.3 Å². The van der Waals surface area contributed by atoms with Crippen LogP contribution in [0.15, 0.2) is 41.6 Å². The van der Waals surface area contributed by atoms with Crippen molar-refractivity contribution in [2.75, 3.05) is 12.4 Å². The highest BCUT2D eigenvalue weighted by atomic mass is 19.2. The van der Waals surface area contributed by atoms with Gasteiger partial charge in [0.25, 0.3) is 5.91 Å². The average molecular weight is 374 g/mol. The molecule has 2 heterocycles. The van der Waals surface area contributed by atoms with Crippen LogP contribution in [-0.2, 0) is 16.2 Å². The third-order valence-electron chi connectivity index (χ3n) is 3.83. The number of pyridine rings is 1. The van der Waals surface area contributed by atoms with Gasteiger partial charge in [0.05, 0.1) is 0 Å². The number of amides is 2. The SMILES string of the molecule is CN1N=C(C(=O)Nc2ccc(COc3ccc(F)c(F)c3)cn2)CCC1=O. The zero-order valence-electron chi connectivity index (χ0n) is 14.4. The number of carbonyl (C=O) groups excluding carboxylic acids is 2. The highest BCUT2D eigenvalue weighted by Crippen LogP contribution is 2.17. The lowest BCUT2D eigenvalue weighted by Gasteiger charge is -2.18. The first-order valence-corrected chi connectivity index (χ1v) is 8.10. The molecule has 0 atom stereocenters. The molecule has 2 amide bonds. The molecule has 2 aromatic rings. The molecule has 0 bridgehead atoms. The summed E-state index contributed by atoms with van der Waals surface area (Å²) in [4.78, 5) is 27.7. The number of hydrazone groups is 1. The van der Waals surface area contributed by atoms with Crippen molar-refractivity contribution in [3.8, 4) is 5.75 Å². The number of nitrogens with zero attached hydrogens (tertiary/aromatic N) is 3. The summed E-state index contributed by atoms with van der Waals surface area (Å²) in [5.41, 5.74) is 0.933. The van der Waals surface area contributed by atoms with E-state index in [9.17, 15) is 18.4 Å². The molecule has 0 spiro atoms. The molecule has 9 heteroatoms. The summed E-state index contributed by atoms with van der Waals surface area (Å²) in [6.45, 7) is 0.103. The number of hydrogen-bond acceptors (Lipinski definition) is 5. The molecule has 3 rings (SSSR count). The molecule has 140 valence electrons. The first kappa shape index (κ1) is 18.4. The highest BCUT2D eigenvalue weighted by molar-refractivity contribution is 6.43. The molecule has 1 aromatic heterocycles. The quantitative estimate of drug-likeness (QED) is 0.872. The summed E-state index contributed by atoms with van der Waals surface area (Å²) < 4.78 is 31.4. The fourth-order valence-electron chi connectivity index (χ4n) is 2.34. The van der Waals surface area contributed by atoms with E-state index in [0.717, 1.165) is 17.1 Å². The summed E-state index contributed by atoms with van der Waals surface area (Å²) in [5.74, 6) is -1.98. The van der Waals surface area contributed by atoms with E-state index >= 15 is 0 Å². The van der Waals surface area contributed by atoms with Gasteiger partial charge in [0.2, 0.25) is 5.91 Å². The molecule has 0 radical (unpaired) electrons. The molecule has 7 nitrogen and oxygen atoms in total. The molecule has 1 aliphatic heterocycles. The molecular formula is C18H16F2N4O3. The van der Waals surface area contributed by atoms with Crippen LogP contribution < -0.4 is 10.1 Å². The zero-order valence-corrected chi connectivity index (χ0v) is 14.4. The summed E-state index contributed by atoms with van der Waals surface area (Å²) >= 11 is 0. The van der Waals surface area contributed by atoms with Gasteiger partial charge in [-0.15, -0.1) is 0 Å². The molecule has 0 saturated carbocycles. The van der Waals surface area contributed by atoms with Crippen molar-refractivity contribution in [2.24, 2.45) is 5.10 Å². The van der Waals surface area contributed by atoms with Crippen molar-refractivity contribution < 1.29 is 23.1 Å². The van der Waals surface area contributed by atoms with Gasteiger partial charge in [-0.1, -0.05) is 6.07 Å². The normalized spacial score (nSPS) is 14.0. The topological polar surface area (TPSA) is 83.9 Å². The van der Waals surface area contributed by atoms with Crippen molar-refractivity contribution in [1.82, 2.24) is 9.99 Å². The summed E-state index contributed by atoms with van der Waals surface area (Å²) in [7, 11) is 1.49. The van der Waals surface area contributed by atoms with Crippen LogP contribution in [0, 0.1) is 11.6 Å². The largest absolute Gasteiger partial charge is 0.489 e. The lowest BCUT2D eigenvalue weighted by Crippen LogP contribution is -2.34. The first-order chi connectivity index (χ1) is 12.9. The van der Waals surface area contributed by atoms with Crippen molar-refractivity contribution in [1.29, 1.82) is 0 Å². The Morgan fingerprint density at radius 3 is 2.70 bits per heavy atom. The fraction of sp³-hybridized carbons (Fsp3) is 0.222. The Kier molecular flexibility index (Phi) is 5.39. The van der Waals surface area contributed by atoms with Crippen molar-refractivity contribution in [2.45, 2.75) is 19.4 Å². The Morgan fingerprint density at radius 2 is 2.04 bits per heavy atom. The molecule has 27 heavy (non-hydrogen) atoms. The van der Waals surface area contributed by atoms with E-state index in [1.54, 1.807) is 12.1 Å². The number of ether oxygens (including phenoxy) is 1. The Bertz CT molecular complexity index is 900. The Hall–Kier alpha value is -3.36. The molecule has 0 fully saturated rings. The fourth-order valence-corrected chi connectivity index (χ4v) is 2.34. The minimum Gasteiger partial charge on any atom is -0.489 e. The Labute approximate surface area is 153 Å². The van der Waals surface area contributed by atoms with E-state index in [-0.39, 0.29) is 36.8 Å². The van der Waals surface area contributed by atoms with Crippen LogP contribution in [0.3, 0.4) is 0 Å². The number of anilines is 1. The number of aromatic nitrogens is 1. The van der Waals surface area contributed by atoms with Crippen LogP contribution >= 0.6 is 0 Å². The van der Waals surface area contributed by atoms with Gasteiger partial charge in [-0.05, 0) is 18.2 Å². The number of halogens is 2. The smallest absolute Gasteiger partial charge is 0.273 e. The Balaban J connectivity index is 1.57. The minimum absolute atomic E-state index is 0.103. The van der Waals surface area contributed by atoms with Gasteiger partial charge in [-0.2, -0.15) is 5.10 Å². The van der Waals surface area contributed by atoms with Crippen LogP contribution in [-0.4, -0.2) is 34.6 Å². The maximum absolute atomic E-state index is 13.1. The van der Waals surface area contributed by atoms with Gasteiger partial charge in [0.1, 0.15) is 23.9 Å². The Morgan fingerprint density at radius 1 is 1.22 bits per heavy atom. The first-order valence-electron chi connectivity index (χ1n) is 8.10. The van der Waals surface area contributed by atoms with Crippen molar-refractivity contribution in [3.63, 3.8) is 0 Å². The van der Waals surface area contributed by atoms with Gasteiger partial charge in [-0.25, -0.2) is 18.8 Å².